The smallest absolute Gasteiger partial charge is 0.234 e. The minimum Gasteiger partial charge on any atom is -0.368 e. The van der Waals surface area contributed by atoms with E-state index in [1.807, 2.05) is 0 Å². The Balaban J connectivity index is 2.23. The first-order valence-electron chi connectivity index (χ1n) is 3.95. The largest absolute Gasteiger partial charge is 0.368 e. The van der Waals surface area contributed by atoms with Gasteiger partial charge in [-0.15, -0.1) is 0 Å². The van der Waals surface area contributed by atoms with Crippen molar-refractivity contribution in [2.45, 2.75) is 18.9 Å². The van der Waals surface area contributed by atoms with Gasteiger partial charge in [0.25, 0.3) is 0 Å². The molecule has 11 heavy (non-hydrogen) atoms. The Hall–Kier alpha value is -0.610. The van der Waals surface area contributed by atoms with Crippen LogP contribution in [0.4, 0.5) is 0 Å². The lowest BCUT2D eigenvalue weighted by molar-refractivity contribution is -0.119. The Bertz CT molecular complexity index is 143. The molecule has 0 saturated carbocycles. The van der Waals surface area contributed by atoms with E-state index in [0.29, 0.717) is 5.92 Å². The Labute approximate surface area is 66.3 Å². The predicted octanol–water partition coefficient (Wildman–Crippen LogP) is -1.20. The molecule has 1 saturated heterocycles. The highest BCUT2D eigenvalue weighted by molar-refractivity contribution is 5.79. The molecule has 2 atom stereocenters. The van der Waals surface area contributed by atoms with E-state index in [1.165, 1.54) is 0 Å². The van der Waals surface area contributed by atoms with E-state index in [2.05, 4.69) is 5.32 Å². The van der Waals surface area contributed by atoms with Gasteiger partial charge >= 0.3 is 0 Å². The number of carbonyl (C=O) groups is 1. The van der Waals surface area contributed by atoms with Gasteiger partial charge in [0.15, 0.2) is 0 Å². The maximum atomic E-state index is 10.6. The molecule has 0 aromatic heterocycles. The van der Waals surface area contributed by atoms with Crippen LogP contribution in [0.25, 0.3) is 0 Å². The maximum absolute atomic E-state index is 10.6. The lowest BCUT2D eigenvalue weighted by atomic mass is 9.99. The van der Waals surface area contributed by atoms with E-state index in [9.17, 15) is 4.79 Å². The summed E-state index contributed by atoms with van der Waals surface area (Å²) in [6, 6.07) is -0.458. The molecule has 0 aromatic carbocycles. The monoisotopic (exact) mass is 157 g/mol. The highest BCUT2D eigenvalue weighted by Gasteiger charge is 2.19. The van der Waals surface area contributed by atoms with Gasteiger partial charge in [-0.1, -0.05) is 0 Å². The average molecular weight is 157 g/mol. The summed E-state index contributed by atoms with van der Waals surface area (Å²) < 4.78 is 0. The van der Waals surface area contributed by atoms with Crippen molar-refractivity contribution in [2.24, 2.45) is 17.4 Å². The van der Waals surface area contributed by atoms with Crippen molar-refractivity contribution < 1.29 is 4.79 Å². The molecular formula is C7H15N3O. The van der Waals surface area contributed by atoms with E-state index < -0.39 is 11.9 Å². The molecule has 0 aromatic rings. The van der Waals surface area contributed by atoms with Crippen LogP contribution in [0, 0.1) is 5.92 Å². The zero-order valence-electron chi connectivity index (χ0n) is 6.55. The van der Waals surface area contributed by atoms with Gasteiger partial charge in [-0.25, -0.2) is 0 Å². The quantitative estimate of drug-likeness (QED) is 0.481. The minimum atomic E-state index is -0.458. The van der Waals surface area contributed by atoms with Gasteiger partial charge in [0.2, 0.25) is 5.91 Å². The number of hydrogen-bond acceptors (Lipinski definition) is 3. The molecule has 2 unspecified atom stereocenters. The van der Waals surface area contributed by atoms with Gasteiger partial charge < -0.3 is 16.8 Å². The molecule has 0 bridgehead atoms. The van der Waals surface area contributed by atoms with Gasteiger partial charge in [-0.2, -0.15) is 0 Å². The number of primary amides is 1. The molecular weight excluding hydrogens is 142 g/mol. The second-order valence-corrected chi connectivity index (χ2v) is 3.10. The topological polar surface area (TPSA) is 81.1 Å². The van der Waals surface area contributed by atoms with Crippen molar-refractivity contribution >= 4 is 5.91 Å². The summed E-state index contributed by atoms with van der Waals surface area (Å²) in [5, 5.41) is 3.21. The van der Waals surface area contributed by atoms with Crippen LogP contribution >= 0.6 is 0 Å². The van der Waals surface area contributed by atoms with E-state index in [-0.39, 0.29) is 0 Å². The molecule has 0 aliphatic carbocycles. The van der Waals surface area contributed by atoms with Crippen LogP contribution in [0.5, 0.6) is 0 Å². The molecule has 64 valence electrons. The first-order valence-corrected chi connectivity index (χ1v) is 3.95. The van der Waals surface area contributed by atoms with Crippen molar-refractivity contribution in [3.05, 3.63) is 0 Å². The second kappa shape index (κ2) is 3.69. The Morgan fingerprint density at radius 1 is 1.73 bits per heavy atom. The summed E-state index contributed by atoms with van der Waals surface area (Å²) in [4.78, 5) is 10.6. The average Bonchev–Trinajstić information content (AvgIpc) is 2.39. The Morgan fingerprint density at radius 2 is 2.45 bits per heavy atom. The minimum absolute atomic E-state index is 0.392. The SMILES string of the molecule is NC(=O)C(N)CC1CCNC1. The van der Waals surface area contributed by atoms with Gasteiger partial charge in [-0.05, 0) is 31.8 Å². The van der Waals surface area contributed by atoms with E-state index in [1.54, 1.807) is 0 Å². The summed E-state index contributed by atoms with van der Waals surface area (Å²) in [6.07, 6.45) is 1.84. The molecule has 1 rings (SSSR count). The highest BCUT2D eigenvalue weighted by Crippen LogP contribution is 2.13. The second-order valence-electron chi connectivity index (χ2n) is 3.10. The fourth-order valence-corrected chi connectivity index (χ4v) is 1.39. The summed E-state index contributed by atoms with van der Waals surface area (Å²) in [6.45, 7) is 2.01. The summed E-state index contributed by atoms with van der Waals surface area (Å²) in [5.74, 6) is 0.148. The van der Waals surface area contributed by atoms with Crippen molar-refractivity contribution in [3.8, 4) is 0 Å². The fourth-order valence-electron chi connectivity index (χ4n) is 1.39. The molecule has 0 spiro atoms. The van der Waals surface area contributed by atoms with E-state index in [4.69, 9.17) is 11.5 Å². The first-order chi connectivity index (χ1) is 5.20. The first kappa shape index (κ1) is 8.49. The van der Waals surface area contributed by atoms with Crippen LogP contribution in [0.1, 0.15) is 12.8 Å². The molecule has 4 nitrogen and oxygen atoms in total. The number of nitrogens with two attached hydrogens (primary N) is 2. The van der Waals surface area contributed by atoms with Crippen LogP contribution in [0.15, 0.2) is 0 Å². The van der Waals surface area contributed by atoms with Crippen LogP contribution in [-0.4, -0.2) is 25.0 Å². The predicted molar refractivity (Wildman–Crippen MR) is 42.8 cm³/mol. The maximum Gasteiger partial charge on any atom is 0.234 e. The van der Waals surface area contributed by atoms with Crippen molar-refractivity contribution in [1.29, 1.82) is 0 Å². The normalized spacial score (nSPS) is 26.8. The fraction of sp³-hybridized carbons (Fsp3) is 0.857. The van der Waals surface area contributed by atoms with Gasteiger partial charge in [0, 0.05) is 0 Å². The molecule has 1 aliphatic rings. The third-order valence-corrected chi connectivity index (χ3v) is 2.12. The summed E-state index contributed by atoms with van der Waals surface area (Å²) >= 11 is 0. The van der Waals surface area contributed by atoms with Crippen LogP contribution < -0.4 is 16.8 Å². The Kier molecular flexibility index (Phi) is 2.84. The van der Waals surface area contributed by atoms with E-state index >= 15 is 0 Å². The van der Waals surface area contributed by atoms with Gasteiger partial charge in [0.1, 0.15) is 0 Å². The third-order valence-electron chi connectivity index (χ3n) is 2.12. The molecule has 0 radical (unpaired) electrons. The molecule has 4 heteroatoms. The number of carbonyl (C=O) groups excluding carboxylic acids is 1. The van der Waals surface area contributed by atoms with Crippen molar-refractivity contribution in [2.75, 3.05) is 13.1 Å². The lowest BCUT2D eigenvalue weighted by Gasteiger charge is -2.11. The van der Waals surface area contributed by atoms with Gasteiger partial charge in [0.05, 0.1) is 6.04 Å². The number of nitrogens with one attached hydrogen (secondary N) is 1. The summed E-state index contributed by atoms with van der Waals surface area (Å²) in [5.41, 5.74) is 10.5. The molecule has 5 N–H and O–H groups in total. The molecule has 1 aliphatic heterocycles. The molecule has 1 fully saturated rings. The standard InChI is InChI=1S/C7H15N3O/c8-6(7(9)11)3-5-1-2-10-4-5/h5-6,10H,1-4,8H2,(H2,9,11). The van der Waals surface area contributed by atoms with Crippen molar-refractivity contribution in [1.82, 2.24) is 5.32 Å². The van der Waals surface area contributed by atoms with Crippen LogP contribution in [0.3, 0.4) is 0 Å². The number of rotatable bonds is 3. The van der Waals surface area contributed by atoms with E-state index in [0.717, 1.165) is 25.9 Å². The van der Waals surface area contributed by atoms with Crippen LogP contribution in [0.2, 0.25) is 0 Å². The molecule has 1 amide bonds. The zero-order valence-corrected chi connectivity index (χ0v) is 6.55. The molecule has 1 heterocycles. The van der Waals surface area contributed by atoms with Crippen molar-refractivity contribution in [3.63, 3.8) is 0 Å². The lowest BCUT2D eigenvalue weighted by Crippen LogP contribution is -2.38. The number of amides is 1. The third kappa shape index (κ3) is 2.48. The zero-order chi connectivity index (χ0) is 8.27. The van der Waals surface area contributed by atoms with Gasteiger partial charge in [-0.3, -0.25) is 4.79 Å². The summed E-state index contributed by atoms with van der Waals surface area (Å²) in [7, 11) is 0. The number of hydrogen-bond donors (Lipinski definition) is 3. The highest BCUT2D eigenvalue weighted by atomic mass is 16.1. The van der Waals surface area contributed by atoms with Crippen LogP contribution in [-0.2, 0) is 4.79 Å². The Morgan fingerprint density at radius 3 is 2.91 bits per heavy atom.